The van der Waals surface area contributed by atoms with E-state index in [-0.39, 0.29) is 5.41 Å². The molecule has 1 saturated carbocycles. The standard InChI is InChI=1S/C20H24N4O/c1-20(8-9-20)19-11-14-10-17(25-2)6-7-18(14)24(19)13-16-5-3-4-15(23-16)12-22-21/h3-7,10-11,22H,8-9,12-13,21H2,1-2H3. The molecule has 0 unspecified atom stereocenters. The Labute approximate surface area is 147 Å². The van der Waals surface area contributed by atoms with Crippen LogP contribution in [0.2, 0.25) is 0 Å². The minimum absolute atomic E-state index is 0.280. The van der Waals surface area contributed by atoms with Crippen LogP contribution in [0, 0.1) is 0 Å². The Balaban J connectivity index is 1.78. The van der Waals surface area contributed by atoms with E-state index >= 15 is 0 Å². The highest BCUT2D eigenvalue weighted by molar-refractivity contribution is 5.83. The van der Waals surface area contributed by atoms with Gasteiger partial charge in [0.25, 0.3) is 0 Å². The first-order valence-corrected chi connectivity index (χ1v) is 8.69. The summed E-state index contributed by atoms with van der Waals surface area (Å²) in [6.07, 6.45) is 2.48. The third-order valence-corrected chi connectivity index (χ3v) is 5.19. The van der Waals surface area contributed by atoms with Gasteiger partial charge in [0.2, 0.25) is 0 Å². The number of nitrogens with zero attached hydrogens (tertiary/aromatic N) is 2. The molecular formula is C20H24N4O. The number of aromatic nitrogens is 2. The molecule has 4 rings (SSSR count). The molecule has 2 heterocycles. The third kappa shape index (κ3) is 3.01. The van der Waals surface area contributed by atoms with Gasteiger partial charge in [-0.05, 0) is 49.2 Å². The van der Waals surface area contributed by atoms with Gasteiger partial charge in [-0.15, -0.1) is 0 Å². The van der Waals surface area contributed by atoms with Crippen LogP contribution in [0.15, 0.2) is 42.5 Å². The number of methoxy groups -OCH3 is 1. The molecule has 3 aromatic rings. The predicted molar refractivity (Wildman–Crippen MR) is 99.4 cm³/mol. The molecular weight excluding hydrogens is 312 g/mol. The third-order valence-electron chi connectivity index (χ3n) is 5.19. The molecule has 3 N–H and O–H groups in total. The first-order chi connectivity index (χ1) is 12.1. The van der Waals surface area contributed by atoms with Crippen LogP contribution >= 0.6 is 0 Å². The highest BCUT2D eigenvalue weighted by Gasteiger charge is 2.41. The van der Waals surface area contributed by atoms with Gasteiger partial charge in [0.1, 0.15) is 5.75 Å². The molecule has 1 aliphatic rings. The Morgan fingerprint density at radius 2 is 2.00 bits per heavy atom. The molecule has 0 spiro atoms. The number of nitrogens with two attached hydrogens (primary N) is 1. The summed E-state index contributed by atoms with van der Waals surface area (Å²) in [4.78, 5) is 4.73. The maximum absolute atomic E-state index is 5.43. The van der Waals surface area contributed by atoms with Crippen molar-refractivity contribution >= 4 is 10.9 Å². The molecule has 1 fully saturated rings. The minimum Gasteiger partial charge on any atom is -0.497 e. The minimum atomic E-state index is 0.280. The number of benzene rings is 1. The Bertz CT molecular complexity index is 911. The molecule has 25 heavy (non-hydrogen) atoms. The van der Waals surface area contributed by atoms with E-state index in [0.29, 0.717) is 6.54 Å². The van der Waals surface area contributed by atoms with E-state index in [1.807, 2.05) is 18.2 Å². The molecule has 0 saturated heterocycles. The van der Waals surface area contributed by atoms with Crippen molar-refractivity contribution < 1.29 is 4.74 Å². The monoisotopic (exact) mass is 336 g/mol. The lowest BCUT2D eigenvalue weighted by atomic mass is 10.1. The van der Waals surface area contributed by atoms with Crippen molar-refractivity contribution in [3.8, 4) is 5.75 Å². The number of rotatable bonds is 6. The first-order valence-electron chi connectivity index (χ1n) is 8.69. The highest BCUT2D eigenvalue weighted by Crippen LogP contribution is 2.49. The fourth-order valence-electron chi connectivity index (χ4n) is 3.47. The second-order valence-corrected chi connectivity index (χ2v) is 7.10. The van der Waals surface area contributed by atoms with Gasteiger partial charge in [-0.2, -0.15) is 0 Å². The van der Waals surface area contributed by atoms with E-state index in [4.69, 9.17) is 15.6 Å². The van der Waals surface area contributed by atoms with Crippen LogP contribution in [0.1, 0.15) is 36.8 Å². The first kappa shape index (κ1) is 16.1. The summed E-state index contributed by atoms with van der Waals surface area (Å²) < 4.78 is 7.80. The van der Waals surface area contributed by atoms with Gasteiger partial charge in [-0.1, -0.05) is 13.0 Å². The average molecular weight is 336 g/mol. The molecule has 5 nitrogen and oxygen atoms in total. The molecule has 130 valence electrons. The zero-order chi connectivity index (χ0) is 17.4. The normalized spacial score (nSPS) is 15.5. The van der Waals surface area contributed by atoms with Crippen LogP contribution in [0.5, 0.6) is 5.75 Å². The fraction of sp³-hybridized carbons (Fsp3) is 0.350. The van der Waals surface area contributed by atoms with Crippen LogP contribution in [0.3, 0.4) is 0 Å². The summed E-state index contributed by atoms with van der Waals surface area (Å²) in [5.74, 6) is 6.33. The molecule has 0 amide bonds. The van der Waals surface area contributed by atoms with Gasteiger partial charge in [0.15, 0.2) is 0 Å². The van der Waals surface area contributed by atoms with Crippen molar-refractivity contribution in [3.63, 3.8) is 0 Å². The van der Waals surface area contributed by atoms with E-state index in [1.54, 1.807) is 7.11 Å². The number of pyridine rings is 1. The summed E-state index contributed by atoms with van der Waals surface area (Å²) in [6.45, 7) is 3.68. The van der Waals surface area contributed by atoms with Crippen molar-refractivity contribution in [2.24, 2.45) is 5.84 Å². The molecule has 0 atom stereocenters. The van der Waals surface area contributed by atoms with Gasteiger partial charge in [-0.25, -0.2) is 0 Å². The average Bonchev–Trinajstić information content (AvgIpc) is 3.26. The number of hydrazine groups is 1. The number of hydrogen-bond donors (Lipinski definition) is 2. The molecule has 0 radical (unpaired) electrons. The predicted octanol–water partition coefficient (Wildman–Crippen LogP) is 3.11. The van der Waals surface area contributed by atoms with E-state index in [2.05, 4.69) is 41.2 Å². The molecule has 0 aliphatic heterocycles. The number of hydrogen-bond acceptors (Lipinski definition) is 4. The number of fused-ring (bicyclic) bond motifs is 1. The number of nitrogens with one attached hydrogen (secondary N) is 1. The maximum atomic E-state index is 5.43. The Hall–Kier alpha value is -2.37. The van der Waals surface area contributed by atoms with Crippen molar-refractivity contribution in [2.45, 2.75) is 38.3 Å². The largest absolute Gasteiger partial charge is 0.497 e. The zero-order valence-electron chi connectivity index (χ0n) is 14.7. The summed E-state index contributed by atoms with van der Waals surface area (Å²) in [5.41, 5.74) is 7.58. The zero-order valence-corrected chi connectivity index (χ0v) is 14.7. The SMILES string of the molecule is COc1ccc2c(c1)cc(C1(C)CC1)n2Cc1cccc(CNN)n1. The highest BCUT2D eigenvalue weighted by atomic mass is 16.5. The lowest BCUT2D eigenvalue weighted by Gasteiger charge is -2.15. The maximum Gasteiger partial charge on any atom is 0.119 e. The molecule has 5 heteroatoms. The van der Waals surface area contributed by atoms with Gasteiger partial charge in [0, 0.05) is 22.0 Å². The van der Waals surface area contributed by atoms with Crippen molar-refractivity contribution in [2.75, 3.05) is 7.11 Å². The van der Waals surface area contributed by atoms with Crippen molar-refractivity contribution in [1.82, 2.24) is 15.0 Å². The lowest BCUT2D eigenvalue weighted by molar-refractivity contribution is 0.415. The fourth-order valence-corrected chi connectivity index (χ4v) is 3.47. The van der Waals surface area contributed by atoms with E-state index in [0.717, 1.165) is 23.7 Å². The topological polar surface area (TPSA) is 65.1 Å². The molecule has 1 aliphatic carbocycles. The Kier molecular flexibility index (Phi) is 3.98. The second-order valence-electron chi connectivity index (χ2n) is 7.10. The second kappa shape index (κ2) is 6.17. The van der Waals surface area contributed by atoms with Gasteiger partial charge in [-0.3, -0.25) is 16.3 Å². The summed E-state index contributed by atoms with van der Waals surface area (Å²) in [7, 11) is 1.71. The molecule has 1 aromatic carbocycles. The summed E-state index contributed by atoms with van der Waals surface area (Å²) in [5, 5.41) is 1.22. The van der Waals surface area contributed by atoms with Crippen LogP contribution < -0.4 is 16.0 Å². The van der Waals surface area contributed by atoms with Crippen LogP contribution in [-0.2, 0) is 18.5 Å². The smallest absolute Gasteiger partial charge is 0.119 e. The molecule has 2 aromatic heterocycles. The summed E-state index contributed by atoms with van der Waals surface area (Å²) >= 11 is 0. The van der Waals surface area contributed by atoms with Gasteiger partial charge in [0.05, 0.1) is 31.6 Å². The van der Waals surface area contributed by atoms with Crippen LogP contribution in [0.4, 0.5) is 0 Å². The number of ether oxygens (including phenoxy) is 1. The molecule has 0 bridgehead atoms. The van der Waals surface area contributed by atoms with Crippen molar-refractivity contribution in [1.29, 1.82) is 0 Å². The van der Waals surface area contributed by atoms with E-state index in [1.165, 1.54) is 29.4 Å². The van der Waals surface area contributed by atoms with E-state index < -0.39 is 0 Å². The van der Waals surface area contributed by atoms with Crippen molar-refractivity contribution in [3.05, 3.63) is 59.5 Å². The van der Waals surface area contributed by atoms with E-state index in [9.17, 15) is 0 Å². The van der Waals surface area contributed by atoms with Gasteiger partial charge >= 0.3 is 0 Å². The lowest BCUT2D eigenvalue weighted by Crippen LogP contribution is -2.22. The Morgan fingerprint density at radius 1 is 1.20 bits per heavy atom. The Morgan fingerprint density at radius 3 is 2.72 bits per heavy atom. The van der Waals surface area contributed by atoms with Crippen LogP contribution in [-0.4, -0.2) is 16.7 Å². The van der Waals surface area contributed by atoms with Crippen LogP contribution in [0.25, 0.3) is 10.9 Å². The quantitative estimate of drug-likeness (QED) is 0.536. The summed E-state index contributed by atoms with van der Waals surface area (Å²) in [6, 6.07) is 14.7. The van der Waals surface area contributed by atoms with Gasteiger partial charge < -0.3 is 9.30 Å².